The Hall–Kier alpha value is -3.89. The van der Waals surface area contributed by atoms with Gasteiger partial charge in [-0.25, -0.2) is 0 Å². The van der Waals surface area contributed by atoms with Crippen LogP contribution < -0.4 is 5.32 Å². The highest BCUT2D eigenvalue weighted by atomic mass is 35.5. The number of benzene rings is 2. The number of nitro groups is 1. The highest BCUT2D eigenvalue weighted by Crippen LogP contribution is 2.25. The first kappa shape index (κ1) is 18.9. The fourth-order valence-electron chi connectivity index (χ4n) is 2.36. The van der Waals surface area contributed by atoms with Gasteiger partial charge in [0.15, 0.2) is 0 Å². The fraction of sp³-hybridized carbons (Fsp3) is 0. The largest absolute Gasteiger partial charge is 0.457 e. The Balaban J connectivity index is 1.78. The van der Waals surface area contributed by atoms with E-state index in [4.69, 9.17) is 16.0 Å². The SMILES string of the molecule is N#C/C(=C/c1ccc(-c2ccc([N+](=O)[O-])cc2)o1)C(=O)Nc1ccc(Cl)cc1. The Morgan fingerprint density at radius 2 is 1.79 bits per heavy atom. The Morgan fingerprint density at radius 3 is 2.39 bits per heavy atom. The molecule has 0 saturated heterocycles. The third-order valence-electron chi connectivity index (χ3n) is 3.74. The number of carbonyl (C=O) groups is 1. The van der Waals surface area contributed by atoms with Crippen molar-refractivity contribution in [3.63, 3.8) is 0 Å². The van der Waals surface area contributed by atoms with Gasteiger partial charge in [0.05, 0.1) is 4.92 Å². The summed E-state index contributed by atoms with van der Waals surface area (Å²) < 4.78 is 5.62. The predicted octanol–water partition coefficient (Wildman–Crippen LogP) is 5.05. The summed E-state index contributed by atoms with van der Waals surface area (Å²) in [5.41, 5.74) is 0.969. The molecule has 3 rings (SSSR count). The van der Waals surface area contributed by atoms with Crippen molar-refractivity contribution in [2.45, 2.75) is 0 Å². The first-order valence-corrected chi connectivity index (χ1v) is 8.37. The molecule has 0 atom stereocenters. The summed E-state index contributed by atoms with van der Waals surface area (Å²) in [6.45, 7) is 0. The van der Waals surface area contributed by atoms with Crippen molar-refractivity contribution >= 4 is 35.0 Å². The van der Waals surface area contributed by atoms with E-state index < -0.39 is 10.8 Å². The number of non-ortho nitro benzene ring substituents is 1. The fourth-order valence-corrected chi connectivity index (χ4v) is 2.48. The predicted molar refractivity (Wildman–Crippen MR) is 104 cm³/mol. The smallest absolute Gasteiger partial charge is 0.269 e. The maximum Gasteiger partial charge on any atom is 0.269 e. The second-order valence-corrected chi connectivity index (χ2v) is 6.07. The number of nitro benzene ring substituents is 1. The van der Waals surface area contributed by atoms with Crippen molar-refractivity contribution in [3.8, 4) is 17.4 Å². The first-order chi connectivity index (χ1) is 13.5. The van der Waals surface area contributed by atoms with Gasteiger partial charge in [0.2, 0.25) is 0 Å². The second kappa shape index (κ2) is 8.20. The molecule has 0 fully saturated rings. The van der Waals surface area contributed by atoms with E-state index in [1.165, 1.54) is 18.2 Å². The van der Waals surface area contributed by atoms with Crippen LogP contribution in [0.1, 0.15) is 5.76 Å². The minimum atomic E-state index is -0.585. The van der Waals surface area contributed by atoms with E-state index in [9.17, 15) is 20.2 Å². The zero-order valence-corrected chi connectivity index (χ0v) is 15.0. The van der Waals surface area contributed by atoms with E-state index in [1.807, 2.05) is 6.07 Å². The number of rotatable bonds is 5. The highest BCUT2D eigenvalue weighted by molar-refractivity contribution is 6.30. The lowest BCUT2D eigenvalue weighted by atomic mass is 10.1. The number of hydrogen-bond donors (Lipinski definition) is 1. The summed E-state index contributed by atoms with van der Waals surface area (Å²) in [6, 6.07) is 17.4. The Kier molecular flexibility index (Phi) is 5.53. The Morgan fingerprint density at radius 1 is 1.11 bits per heavy atom. The molecule has 8 heteroatoms. The van der Waals surface area contributed by atoms with E-state index in [1.54, 1.807) is 48.5 Å². The number of anilines is 1. The molecule has 2 aromatic carbocycles. The second-order valence-electron chi connectivity index (χ2n) is 5.64. The van der Waals surface area contributed by atoms with E-state index in [0.717, 1.165) is 0 Å². The molecule has 0 aliphatic carbocycles. The van der Waals surface area contributed by atoms with Gasteiger partial charge in [0, 0.05) is 34.5 Å². The van der Waals surface area contributed by atoms with Crippen LogP contribution in [-0.4, -0.2) is 10.8 Å². The number of nitrogens with zero attached hydrogens (tertiary/aromatic N) is 2. The van der Waals surface area contributed by atoms with Crippen LogP contribution in [0.5, 0.6) is 0 Å². The van der Waals surface area contributed by atoms with Crippen molar-refractivity contribution in [1.82, 2.24) is 0 Å². The van der Waals surface area contributed by atoms with Gasteiger partial charge < -0.3 is 9.73 Å². The van der Waals surface area contributed by atoms with Gasteiger partial charge in [0.1, 0.15) is 23.2 Å². The lowest BCUT2D eigenvalue weighted by Gasteiger charge is -2.03. The molecule has 0 spiro atoms. The molecule has 0 saturated carbocycles. The zero-order valence-electron chi connectivity index (χ0n) is 14.3. The highest BCUT2D eigenvalue weighted by Gasteiger charge is 2.12. The minimum absolute atomic E-state index is 0.0268. The van der Waals surface area contributed by atoms with Gasteiger partial charge in [-0.1, -0.05) is 11.6 Å². The topological polar surface area (TPSA) is 109 Å². The first-order valence-electron chi connectivity index (χ1n) is 7.99. The van der Waals surface area contributed by atoms with E-state index >= 15 is 0 Å². The van der Waals surface area contributed by atoms with Crippen LogP contribution in [0.2, 0.25) is 5.02 Å². The number of nitriles is 1. The van der Waals surface area contributed by atoms with Crippen LogP contribution in [0.25, 0.3) is 17.4 Å². The van der Waals surface area contributed by atoms with Crippen LogP contribution in [0.15, 0.2) is 70.7 Å². The lowest BCUT2D eigenvalue weighted by molar-refractivity contribution is -0.384. The number of carbonyl (C=O) groups excluding carboxylic acids is 1. The van der Waals surface area contributed by atoms with Crippen LogP contribution in [0, 0.1) is 21.4 Å². The van der Waals surface area contributed by atoms with E-state index in [2.05, 4.69) is 5.32 Å². The molecule has 0 radical (unpaired) electrons. The molecule has 138 valence electrons. The number of halogens is 1. The average Bonchev–Trinajstić information content (AvgIpc) is 3.16. The molecular formula is C20H12ClN3O4. The van der Waals surface area contributed by atoms with Gasteiger partial charge in [-0.15, -0.1) is 0 Å². The van der Waals surface area contributed by atoms with Crippen LogP contribution in [-0.2, 0) is 4.79 Å². The molecule has 0 bridgehead atoms. The van der Waals surface area contributed by atoms with Gasteiger partial charge in [-0.3, -0.25) is 14.9 Å². The summed E-state index contributed by atoms with van der Waals surface area (Å²) in [4.78, 5) is 22.5. The summed E-state index contributed by atoms with van der Waals surface area (Å²) in [5, 5.41) is 23.1. The molecule has 0 unspecified atom stereocenters. The van der Waals surface area contributed by atoms with E-state index in [0.29, 0.717) is 27.8 Å². The van der Waals surface area contributed by atoms with Crippen LogP contribution in [0.4, 0.5) is 11.4 Å². The number of amides is 1. The monoisotopic (exact) mass is 393 g/mol. The standard InChI is InChI=1S/C20H12ClN3O4/c21-15-3-5-16(6-4-15)23-20(25)14(12-22)11-18-9-10-19(28-18)13-1-7-17(8-2-13)24(26)27/h1-11H,(H,23,25)/b14-11-. The molecular weight excluding hydrogens is 382 g/mol. The number of furan rings is 1. The van der Waals surface area contributed by atoms with Crippen molar-refractivity contribution in [2.75, 3.05) is 5.32 Å². The lowest BCUT2D eigenvalue weighted by Crippen LogP contribution is -2.13. The molecule has 0 aliphatic heterocycles. The molecule has 7 nitrogen and oxygen atoms in total. The summed E-state index contributed by atoms with van der Waals surface area (Å²) in [6.07, 6.45) is 1.32. The Bertz CT molecular complexity index is 1090. The summed E-state index contributed by atoms with van der Waals surface area (Å²) in [7, 11) is 0. The van der Waals surface area contributed by atoms with Crippen molar-refractivity contribution in [2.24, 2.45) is 0 Å². The van der Waals surface area contributed by atoms with Gasteiger partial charge in [-0.05, 0) is 48.5 Å². The molecule has 1 aromatic heterocycles. The maximum atomic E-state index is 12.3. The van der Waals surface area contributed by atoms with Crippen molar-refractivity contribution < 1.29 is 14.1 Å². The molecule has 1 amide bonds. The summed E-state index contributed by atoms with van der Waals surface area (Å²) in [5.74, 6) is 0.172. The Labute approximate surface area is 164 Å². The van der Waals surface area contributed by atoms with Crippen molar-refractivity contribution in [3.05, 3.63) is 87.1 Å². The number of hydrogen-bond acceptors (Lipinski definition) is 5. The van der Waals surface area contributed by atoms with Crippen molar-refractivity contribution in [1.29, 1.82) is 5.26 Å². The molecule has 3 aromatic rings. The minimum Gasteiger partial charge on any atom is -0.457 e. The van der Waals surface area contributed by atoms with Crippen LogP contribution in [0.3, 0.4) is 0 Å². The molecule has 1 N–H and O–H groups in total. The maximum absolute atomic E-state index is 12.3. The third-order valence-corrected chi connectivity index (χ3v) is 4.00. The van der Waals surface area contributed by atoms with Gasteiger partial charge >= 0.3 is 0 Å². The normalized spacial score (nSPS) is 10.9. The number of nitrogens with one attached hydrogen (secondary N) is 1. The molecule has 0 aliphatic rings. The average molecular weight is 394 g/mol. The van der Waals surface area contributed by atoms with Crippen LogP contribution >= 0.6 is 11.6 Å². The molecule has 28 heavy (non-hydrogen) atoms. The van der Waals surface area contributed by atoms with Gasteiger partial charge in [0.25, 0.3) is 11.6 Å². The molecule has 1 heterocycles. The summed E-state index contributed by atoms with van der Waals surface area (Å²) >= 11 is 5.80. The van der Waals surface area contributed by atoms with E-state index in [-0.39, 0.29) is 11.3 Å². The quantitative estimate of drug-likeness (QED) is 0.282. The van der Waals surface area contributed by atoms with Gasteiger partial charge in [-0.2, -0.15) is 5.26 Å². The zero-order chi connectivity index (χ0) is 20.1. The third kappa shape index (κ3) is 4.44.